The number of carbonyl (C=O) groups is 2. The Morgan fingerprint density at radius 3 is 2.18 bits per heavy atom. The maximum atomic E-state index is 13.1. The van der Waals surface area contributed by atoms with E-state index in [2.05, 4.69) is 15.3 Å². The molecule has 0 unspecified atom stereocenters. The number of anilines is 1. The van der Waals surface area contributed by atoms with E-state index in [0.29, 0.717) is 39.1 Å². The fraction of sp³-hybridized carbons (Fsp3) is 0.370. The first-order valence-electron chi connectivity index (χ1n) is 11.8. The summed E-state index contributed by atoms with van der Waals surface area (Å²) in [7, 11) is 0. The Morgan fingerprint density at radius 2 is 1.53 bits per heavy atom. The molecular formula is C27H33N5O2. The number of aryl methyl sites for hydroxylation is 3. The van der Waals surface area contributed by atoms with E-state index in [9.17, 15) is 9.59 Å². The van der Waals surface area contributed by atoms with Crippen molar-refractivity contribution in [3.8, 4) is 5.69 Å². The number of nitrogens with one attached hydrogen (secondary N) is 1. The van der Waals surface area contributed by atoms with Crippen molar-refractivity contribution >= 4 is 17.5 Å². The zero-order chi connectivity index (χ0) is 24.2. The summed E-state index contributed by atoms with van der Waals surface area (Å²) in [5.41, 5.74) is 6.88. The molecule has 1 N–H and O–H groups in total. The molecule has 3 aromatic rings. The molecule has 0 spiro atoms. The second-order valence-corrected chi connectivity index (χ2v) is 9.05. The summed E-state index contributed by atoms with van der Waals surface area (Å²) in [5, 5.41) is 7.71. The number of para-hydroxylation sites is 2. The van der Waals surface area contributed by atoms with Crippen LogP contribution >= 0.6 is 0 Å². The van der Waals surface area contributed by atoms with Crippen LogP contribution in [-0.2, 0) is 16.0 Å². The molecule has 0 radical (unpaired) electrons. The molecule has 178 valence electrons. The quantitative estimate of drug-likeness (QED) is 0.613. The molecule has 7 heteroatoms. The third-order valence-corrected chi connectivity index (χ3v) is 6.61. The maximum absolute atomic E-state index is 13.1. The molecule has 1 aliphatic heterocycles. The summed E-state index contributed by atoms with van der Waals surface area (Å²) in [5.74, 6) is 0.0928. The number of piperazine rings is 1. The molecule has 4 rings (SSSR count). The predicted molar refractivity (Wildman–Crippen MR) is 134 cm³/mol. The van der Waals surface area contributed by atoms with Crippen molar-refractivity contribution in [2.45, 2.75) is 34.1 Å². The zero-order valence-corrected chi connectivity index (χ0v) is 20.5. The minimum atomic E-state index is -0.0169. The highest BCUT2D eigenvalue weighted by Crippen LogP contribution is 2.21. The first-order chi connectivity index (χ1) is 16.3. The minimum Gasteiger partial charge on any atom is -0.340 e. The monoisotopic (exact) mass is 459 g/mol. The van der Waals surface area contributed by atoms with Gasteiger partial charge in [0.05, 0.1) is 24.3 Å². The topological polar surface area (TPSA) is 70.5 Å². The second-order valence-electron chi connectivity index (χ2n) is 9.05. The van der Waals surface area contributed by atoms with E-state index < -0.39 is 0 Å². The summed E-state index contributed by atoms with van der Waals surface area (Å²) in [6, 6.07) is 16.0. The van der Waals surface area contributed by atoms with Crippen LogP contribution in [0.25, 0.3) is 5.69 Å². The number of carbonyl (C=O) groups excluding carboxylic acids is 2. The Hall–Kier alpha value is -3.45. The van der Waals surface area contributed by atoms with Crippen molar-refractivity contribution in [1.29, 1.82) is 0 Å². The predicted octanol–water partition coefficient (Wildman–Crippen LogP) is 3.43. The van der Waals surface area contributed by atoms with E-state index in [1.54, 1.807) is 0 Å². The molecule has 1 fully saturated rings. The first-order valence-corrected chi connectivity index (χ1v) is 11.8. The van der Waals surface area contributed by atoms with E-state index in [0.717, 1.165) is 39.5 Å². The van der Waals surface area contributed by atoms with Gasteiger partial charge in [-0.3, -0.25) is 14.5 Å². The van der Waals surface area contributed by atoms with Crippen LogP contribution in [0.15, 0.2) is 48.5 Å². The molecule has 0 saturated carbocycles. The lowest BCUT2D eigenvalue weighted by Gasteiger charge is -2.34. The number of aromatic nitrogens is 2. The fourth-order valence-electron chi connectivity index (χ4n) is 4.56. The molecule has 34 heavy (non-hydrogen) atoms. The molecule has 0 atom stereocenters. The van der Waals surface area contributed by atoms with Crippen molar-refractivity contribution < 1.29 is 9.59 Å². The van der Waals surface area contributed by atoms with Crippen LogP contribution < -0.4 is 5.32 Å². The number of rotatable bonds is 6. The minimum absolute atomic E-state index is 0.0169. The van der Waals surface area contributed by atoms with Gasteiger partial charge >= 0.3 is 0 Å². The summed E-state index contributed by atoms with van der Waals surface area (Å²) in [6.07, 6.45) is 0.345. The van der Waals surface area contributed by atoms with Gasteiger partial charge < -0.3 is 10.2 Å². The molecule has 1 aromatic heterocycles. The standard InChI is InChI=1S/C27H33N5O2/c1-19-9-8-10-20(2)27(19)28-25(33)18-30-13-15-31(16-14-30)26(34)17-24-21(3)29-32(22(24)4)23-11-6-5-7-12-23/h5-12H,13-18H2,1-4H3,(H,28,33). The highest BCUT2D eigenvalue weighted by molar-refractivity contribution is 5.93. The maximum Gasteiger partial charge on any atom is 0.238 e. The molecule has 2 amide bonds. The zero-order valence-electron chi connectivity index (χ0n) is 20.5. The van der Waals surface area contributed by atoms with Crippen molar-refractivity contribution in [3.63, 3.8) is 0 Å². The Balaban J connectivity index is 1.31. The summed E-state index contributed by atoms with van der Waals surface area (Å²) >= 11 is 0. The lowest BCUT2D eigenvalue weighted by Crippen LogP contribution is -2.50. The Kier molecular flexibility index (Phi) is 7.12. The highest BCUT2D eigenvalue weighted by Gasteiger charge is 2.25. The SMILES string of the molecule is Cc1cccc(C)c1NC(=O)CN1CCN(C(=O)Cc2c(C)nn(-c3ccccc3)c2C)CC1. The lowest BCUT2D eigenvalue weighted by molar-refractivity contribution is -0.132. The van der Waals surface area contributed by atoms with Crippen LogP contribution in [0, 0.1) is 27.7 Å². The smallest absolute Gasteiger partial charge is 0.238 e. The van der Waals surface area contributed by atoms with Gasteiger partial charge in [0.15, 0.2) is 0 Å². The van der Waals surface area contributed by atoms with Crippen molar-refractivity contribution in [3.05, 3.63) is 76.6 Å². The molecule has 0 aliphatic carbocycles. The van der Waals surface area contributed by atoms with E-state index >= 15 is 0 Å². The van der Waals surface area contributed by atoms with Crippen LogP contribution in [0.1, 0.15) is 28.1 Å². The van der Waals surface area contributed by atoms with Gasteiger partial charge in [0.1, 0.15) is 0 Å². The van der Waals surface area contributed by atoms with E-state index in [-0.39, 0.29) is 11.8 Å². The molecule has 2 aromatic carbocycles. The number of hydrogen-bond donors (Lipinski definition) is 1. The van der Waals surface area contributed by atoms with Gasteiger partial charge in [-0.2, -0.15) is 5.10 Å². The number of amides is 2. The van der Waals surface area contributed by atoms with Gasteiger partial charge in [-0.25, -0.2) is 4.68 Å². The number of nitrogens with zero attached hydrogens (tertiary/aromatic N) is 4. The van der Waals surface area contributed by atoms with Gasteiger partial charge in [0.25, 0.3) is 0 Å². The van der Waals surface area contributed by atoms with Crippen LogP contribution in [0.4, 0.5) is 5.69 Å². The van der Waals surface area contributed by atoms with Crippen LogP contribution in [0.5, 0.6) is 0 Å². The first kappa shape index (κ1) is 23.7. The largest absolute Gasteiger partial charge is 0.340 e. The molecule has 0 bridgehead atoms. The van der Waals surface area contributed by atoms with Crippen LogP contribution in [0.2, 0.25) is 0 Å². The molecular weight excluding hydrogens is 426 g/mol. The summed E-state index contributed by atoms with van der Waals surface area (Å²) in [6.45, 7) is 10.9. The third-order valence-electron chi connectivity index (χ3n) is 6.61. The van der Waals surface area contributed by atoms with Gasteiger partial charge in [-0.1, -0.05) is 36.4 Å². The normalized spacial score (nSPS) is 14.3. The lowest BCUT2D eigenvalue weighted by atomic mass is 10.1. The fourth-order valence-corrected chi connectivity index (χ4v) is 4.56. The van der Waals surface area contributed by atoms with Crippen molar-refractivity contribution in [2.75, 3.05) is 38.0 Å². The molecule has 7 nitrogen and oxygen atoms in total. The van der Waals surface area contributed by atoms with E-state index in [1.807, 2.05) is 85.8 Å². The second kappa shape index (κ2) is 10.2. The summed E-state index contributed by atoms with van der Waals surface area (Å²) in [4.78, 5) is 29.7. The molecule has 2 heterocycles. The molecule has 1 saturated heterocycles. The van der Waals surface area contributed by atoms with Gasteiger partial charge in [0.2, 0.25) is 11.8 Å². The Morgan fingerprint density at radius 1 is 0.882 bits per heavy atom. The highest BCUT2D eigenvalue weighted by atomic mass is 16.2. The van der Waals surface area contributed by atoms with Crippen LogP contribution in [-0.4, -0.2) is 64.1 Å². The molecule has 1 aliphatic rings. The Bertz CT molecular complexity index is 1160. The average molecular weight is 460 g/mol. The van der Waals surface area contributed by atoms with Gasteiger partial charge in [-0.05, 0) is 51.0 Å². The summed E-state index contributed by atoms with van der Waals surface area (Å²) < 4.78 is 1.91. The number of hydrogen-bond acceptors (Lipinski definition) is 4. The Labute approximate surface area is 201 Å². The van der Waals surface area contributed by atoms with Crippen LogP contribution in [0.3, 0.4) is 0 Å². The van der Waals surface area contributed by atoms with E-state index in [1.165, 1.54) is 0 Å². The van der Waals surface area contributed by atoms with Crippen molar-refractivity contribution in [1.82, 2.24) is 19.6 Å². The average Bonchev–Trinajstić information content (AvgIpc) is 3.11. The van der Waals surface area contributed by atoms with E-state index in [4.69, 9.17) is 0 Å². The van der Waals surface area contributed by atoms with Gasteiger partial charge in [0, 0.05) is 43.1 Å². The van der Waals surface area contributed by atoms with Gasteiger partial charge in [-0.15, -0.1) is 0 Å². The van der Waals surface area contributed by atoms with Crippen molar-refractivity contribution in [2.24, 2.45) is 0 Å². The third kappa shape index (κ3) is 5.20. The number of benzene rings is 2.